The van der Waals surface area contributed by atoms with Crippen molar-refractivity contribution >= 4 is 5.91 Å². The first-order chi connectivity index (χ1) is 14.7. The molecule has 0 N–H and O–H groups in total. The molecule has 2 aromatic carbocycles. The van der Waals surface area contributed by atoms with Crippen LogP contribution in [-0.4, -0.2) is 56.4 Å². The van der Waals surface area contributed by atoms with Crippen molar-refractivity contribution in [1.82, 2.24) is 4.90 Å². The maximum atomic E-state index is 13.0. The molecule has 0 radical (unpaired) electrons. The summed E-state index contributed by atoms with van der Waals surface area (Å²) in [4.78, 5) is 14.4. The minimum atomic E-state index is -0.286. The Balaban J connectivity index is 1.18. The average Bonchev–Trinajstić information content (AvgIpc) is 2.79. The second-order valence-electron chi connectivity index (χ2n) is 7.63. The molecule has 4 rings (SSSR count). The lowest BCUT2D eigenvalue weighted by Gasteiger charge is -2.33. The van der Waals surface area contributed by atoms with Gasteiger partial charge in [-0.05, 0) is 49.2 Å². The van der Waals surface area contributed by atoms with Gasteiger partial charge in [0.15, 0.2) is 17.6 Å². The summed E-state index contributed by atoms with van der Waals surface area (Å²) in [5, 5.41) is 0. The molecular weight excluding hydrogens is 389 g/mol. The van der Waals surface area contributed by atoms with Gasteiger partial charge in [0.05, 0.1) is 13.2 Å². The largest absolute Gasteiger partial charge is 0.493 e. The van der Waals surface area contributed by atoms with E-state index in [1.807, 2.05) is 29.2 Å². The SMILES string of the molecule is O=C(COCC1COc2ccccc2O1)N1CCCC(COc2ccc(F)cc2)C1. The molecule has 2 aromatic rings. The van der Waals surface area contributed by atoms with E-state index in [9.17, 15) is 9.18 Å². The fourth-order valence-corrected chi connectivity index (χ4v) is 3.69. The number of halogens is 1. The number of piperidine rings is 1. The van der Waals surface area contributed by atoms with E-state index in [4.69, 9.17) is 18.9 Å². The monoisotopic (exact) mass is 415 g/mol. The molecule has 2 aliphatic rings. The summed E-state index contributed by atoms with van der Waals surface area (Å²) in [5.74, 6) is 2.00. The molecule has 1 saturated heterocycles. The molecule has 1 fully saturated rings. The first-order valence-electron chi connectivity index (χ1n) is 10.3. The highest BCUT2D eigenvalue weighted by Crippen LogP contribution is 2.30. The van der Waals surface area contributed by atoms with E-state index in [0.717, 1.165) is 25.1 Å². The number of ether oxygens (including phenoxy) is 4. The zero-order valence-corrected chi connectivity index (χ0v) is 16.8. The lowest BCUT2D eigenvalue weighted by Crippen LogP contribution is -2.43. The quantitative estimate of drug-likeness (QED) is 0.695. The lowest BCUT2D eigenvalue weighted by molar-refractivity contribution is -0.139. The van der Waals surface area contributed by atoms with Gasteiger partial charge in [0.2, 0.25) is 5.91 Å². The van der Waals surface area contributed by atoms with Crippen LogP contribution in [0.15, 0.2) is 48.5 Å². The standard InChI is InChI=1S/C23H26FNO5/c24-18-7-9-19(10-8-18)28-13-17-4-3-11-25(12-17)23(26)16-27-14-20-15-29-21-5-1-2-6-22(21)30-20/h1-2,5-10,17,20H,3-4,11-16H2. The van der Waals surface area contributed by atoms with Crippen LogP contribution in [0.1, 0.15) is 12.8 Å². The first kappa shape index (κ1) is 20.5. The Morgan fingerprint density at radius 3 is 2.73 bits per heavy atom. The van der Waals surface area contributed by atoms with Gasteiger partial charge in [-0.3, -0.25) is 4.79 Å². The van der Waals surface area contributed by atoms with Crippen LogP contribution in [-0.2, 0) is 9.53 Å². The highest BCUT2D eigenvalue weighted by Gasteiger charge is 2.25. The summed E-state index contributed by atoms with van der Waals surface area (Å²) in [5.41, 5.74) is 0. The number of hydrogen-bond acceptors (Lipinski definition) is 5. The highest BCUT2D eigenvalue weighted by molar-refractivity contribution is 5.77. The molecule has 30 heavy (non-hydrogen) atoms. The van der Waals surface area contributed by atoms with Gasteiger partial charge in [0.25, 0.3) is 0 Å². The zero-order valence-electron chi connectivity index (χ0n) is 16.8. The zero-order chi connectivity index (χ0) is 20.8. The summed E-state index contributed by atoms with van der Waals surface area (Å²) in [7, 11) is 0. The van der Waals surface area contributed by atoms with Gasteiger partial charge in [-0.25, -0.2) is 4.39 Å². The Bertz CT molecular complexity index is 844. The van der Waals surface area contributed by atoms with Crippen molar-refractivity contribution in [3.8, 4) is 17.2 Å². The predicted octanol–water partition coefficient (Wildman–Crippen LogP) is 3.30. The molecule has 2 heterocycles. The Morgan fingerprint density at radius 2 is 1.90 bits per heavy atom. The topological polar surface area (TPSA) is 57.2 Å². The van der Waals surface area contributed by atoms with E-state index in [1.165, 1.54) is 12.1 Å². The van der Waals surface area contributed by atoms with E-state index in [2.05, 4.69) is 0 Å². The van der Waals surface area contributed by atoms with E-state index < -0.39 is 0 Å². The highest BCUT2D eigenvalue weighted by atomic mass is 19.1. The molecule has 1 amide bonds. The van der Waals surface area contributed by atoms with Crippen LogP contribution in [0.2, 0.25) is 0 Å². The van der Waals surface area contributed by atoms with Crippen molar-refractivity contribution in [2.24, 2.45) is 5.92 Å². The second-order valence-corrected chi connectivity index (χ2v) is 7.63. The van der Waals surface area contributed by atoms with Gasteiger partial charge in [-0.2, -0.15) is 0 Å². The number of para-hydroxylation sites is 2. The minimum absolute atomic E-state index is 0.0209. The van der Waals surface area contributed by atoms with E-state index >= 15 is 0 Å². The van der Waals surface area contributed by atoms with Crippen LogP contribution in [0.25, 0.3) is 0 Å². The fourth-order valence-electron chi connectivity index (χ4n) is 3.69. The summed E-state index contributed by atoms with van der Waals surface area (Å²) < 4.78 is 35.9. The first-order valence-corrected chi connectivity index (χ1v) is 10.3. The molecule has 0 spiro atoms. The number of rotatable bonds is 7. The molecule has 2 unspecified atom stereocenters. The van der Waals surface area contributed by atoms with Gasteiger partial charge in [0.1, 0.15) is 24.8 Å². The van der Waals surface area contributed by atoms with Gasteiger partial charge in [-0.15, -0.1) is 0 Å². The van der Waals surface area contributed by atoms with Crippen molar-refractivity contribution in [2.75, 3.05) is 39.5 Å². The number of carbonyl (C=O) groups is 1. The fraction of sp³-hybridized carbons (Fsp3) is 0.435. The van der Waals surface area contributed by atoms with Gasteiger partial charge < -0.3 is 23.8 Å². The van der Waals surface area contributed by atoms with Gasteiger partial charge in [0, 0.05) is 19.0 Å². The second kappa shape index (κ2) is 9.80. The van der Waals surface area contributed by atoms with E-state index in [-0.39, 0.29) is 30.4 Å². The van der Waals surface area contributed by atoms with Crippen molar-refractivity contribution in [3.05, 3.63) is 54.3 Å². The van der Waals surface area contributed by atoms with Crippen LogP contribution in [0, 0.1) is 11.7 Å². The third-order valence-corrected chi connectivity index (χ3v) is 5.27. The van der Waals surface area contributed by atoms with Crippen molar-refractivity contribution < 1.29 is 28.1 Å². The molecule has 0 aromatic heterocycles. The number of hydrogen-bond donors (Lipinski definition) is 0. The Morgan fingerprint density at radius 1 is 1.10 bits per heavy atom. The molecule has 2 aliphatic heterocycles. The molecule has 7 heteroatoms. The Kier molecular flexibility index (Phi) is 6.69. The number of likely N-dealkylation sites (tertiary alicyclic amines) is 1. The molecular formula is C23H26FNO5. The molecule has 0 bridgehead atoms. The number of carbonyl (C=O) groups excluding carboxylic acids is 1. The molecule has 160 valence electrons. The Labute approximate surface area is 175 Å². The van der Waals surface area contributed by atoms with Crippen LogP contribution >= 0.6 is 0 Å². The Hall–Kier alpha value is -2.80. The third-order valence-electron chi connectivity index (χ3n) is 5.27. The van der Waals surface area contributed by atoms with Gasteiger partial charge >= 0.3 is 0 Å². The lowest BCUT2D eigenvalue weighted by atomic mass is 9.99. The van der Waals surface area contributed by atoms with Gasteiger partial charge in [-0.1, -0.05) is 12.1 Å². The third kappa shape index (κ3) is 5.42. The summed E-state index contributed by atoms with van der Waals surface area (Å²) in [6.07, 6.45) is 1.70. The summed E-state index contributed by atoms with van der Waals surface area (Å²) >= 11 is 0. The number of fused-ring (bicyclic) bond motifs is 1. The maximum absolute atomic E-state index is 13.0. The van der Waals surface area contributed by atoms with E-state index in [0.29, 0.717) is 37.9 Å². The van der Waals surface area contributed by atoms with Crippen molar-refractivity contribution in [1.29, 1.82) is 0 Å². The molecule has 0 aliphatic carbocycles. The minimum Gasteiger partial charge on any atom is -0.493 e. The number of benzene rings is 2. The molecule has 2 atom stereocenters. The number of nitrogens with zero attached hydrogens (tertiary/aromatic N) is 1. The summed E-state index contributed by atoms with van der Waals surface area (Å²) in [6, 6.07) is 13.5. The van der Waals surface area contributed by atoms with Crippen LogP contribution in [0.3, 0.4) is 0 Å². The van der Waals surface area contributed by atoms with E-state index in [1.54, 1.807) is 12.1 Å². The smallest absolute Gasteiger partial charge is 0.248 e. The van der Waals surface area contributed by atoms with Crippen molar-refractivity contribution in [3.63, 3.8) is 0 Å². The maximum Gasteiger partial charge on any atom is 0.248 e. The predicted molar refractivity (Wildman–Crippen MR) is 108 cm³/mol. The average molecular weight is 415 g/mol. The normalized spacial score (nSPS) is 20.6. The number of amides is 1. The summed E-state index contributed by atoms with van der Waals surface area (Å²) in [6.45, 7) is 2.59. The van der Waals surface area contributed by atoms with Crippen LogP contribution in [0.4, 0.5) is 4.39 Å². The molecule has 0 saturated carbocycles. The van der Waals surface area contributed by atoms with Crippen molar-refractivity contribution in [2.45, 2.75) is 18.9 Å². The molecule has 6 nitrogen and oxygen atoms in total. The van der Waals surface area contributed by atoms with Crippen LogP contribution in [0.5, 0.6) is 17.2 Å². The van der Waals surface area contributed by atoms with Crippen LogP contribution < -0.4 is 14.2 Å².